The molecule has 13 heteroatoms. The predicted octanol–water partition coefficient (Wildman–Crippen LogP) is -3.36. The number of aliphatic carboxylic acids is 1. The van der Waals surface area contributed by atoms with Gasteiger partial charge in [0.05, 0.1) is 18.0 Å². The molecular weight excluding hydrogens is 353 g/mol. The van der Waals surface area contributed by atoms with Crippen molar-refractivity contribution in [1.29, 1.82) is 5.26 Å². The second kappa shape index (κ2) is 7.16. The van der Waals surface area contributed by atoms with Crippen LogP contribution in [0.5, 0.6) is 0 Å². The molecule has 1 aliphatic heterocycles. The molecular formula is C12H22BN5O6S. The van der Waals surface area contributed by atoms with Crippen LogP contribution in [0.25, 0.3) is 0 Å². The summed E-state index contributed by atoms with van der Waals surface area (Å²) in [7, 11) is -5.56. The fraction of sp³-hybridized carbons (Fsp3) is 0.833. The lowest BCUT2D eigenvalue weighted by Crippen LogP contribution is -2.55. The van der Waals surface area contributed by atoms with Gasteiger partial charge in [0.15, 0.2) is 0 Å². The Hall–Kier alpha value is -1.27. The van der Waals surface area contributed by atoms with Crippen LogP contribution in [0.1, 0.15) is 12.8 Å². The first kappa shape index (κ1) is 20.1. The predicted molar refractivity (Wildman–Crippen MR) is 86.8 cm³/mol. The minimum Gasteiger partial charge on any atom is -0.480 e. The highest BCUT2D eigenvalue weighted by atomic mass is 32.2. The molecule has 1 saturated heterocycles. The van der Waals surface area contributed by atoms with Gasteiger partial charge in [-0.1, -0.05) is 6.42 Å². The third-order valence-corrected chi connectivity index (χ3v) is 6.38. The van der Waals surface area contributed by atoms with Gasteiger partial charge >= 0.3 is 13.1 Å². The summed E-state index contributed by atoms with van der Waals surface area (Å²) >= 11 is 0. The number of carboxylic acid groups (broad SMARTS) is 1. The fourth-order valence-electron chi connectivity index (χ4n) is 3.11. The molecule has 1 heterocycles. The number of hydrogen-bond donors (Lipinski definition) is 6. The van der Waals surface area contributed by atoms with Gasteiger partial charge in [0.2, 0.25) is 0 Å². The van der Waals surface area contributed by atoms with Crippen LogP contribution in [0.2, 0.25) is 6.32 Å². The topological polar surface area (TPSA) is 203 Å². The molecule has 2 aliphatic rings. The van der Waals surface area contributed by atoms with E-state index in [1.54, 1.807) is 0 Å². The lowest BCUT2D eigenvalue weighted by Gasteiger charge is -2.25. The average molecular weight is 375 g/mol. The number of nitrogens with two attached hydrogens (primary N) is 2. The maximum absolute atomic E-state index is 12.4. The first-order chi connectivity index (χ1) is 11.5. The first-order valence-electron chi connectivity index (χ1n) is 7.84. The van der Waals surface area contributed by atoms with E-state index >= 15 is 0 Å². The molecule has 1 aliphatic carbocycles. The Morgan fingerprint density at radius 3 is 2.60 bits per heavy atom. The maximum Gasteiger partial charge on any atom is 0.451 e. The Kier molecular flexibility index (Phi) is 5.74. The van der Waals surface area contributed by atoms with Gasteiger partial charge in [0.25, 0.3) is 10.2 Å². The molecule has 2 rings (SSSR count). The molecule has 8 N–H and O–H groups in total. The lowest BCUT2D eigenvalue weighted by atomic mass is 9.78. The van der Waals surface area contributed by atoms with E-state index < -0.39 is 59.3 Å². The third kappa shape index (κ3) is 4.12. The van der Waals surface area contributed by atoms with Crippen molar-refractivity contribution in [1.82, 2.24) is 9.03 Å². The van der Waals surface area contributed by atoms with Crippen molar-refractivity contribution in [3.63, 3.8) is 0 Å². The van der Waals surface area contributed by atoms with E-state index in [2.05, 4.69) is 4.72 Å². The van der Waals surface area contributed by atoms with Gasteiger partial charge in [-0.05, 0) is 12.7 Å². The van der Waals surface area contributed by atoms with Crippen molar-refractivity contribution < 1.29 is 28.4 Å². The largest absolute Gasteiger partial charge is 0.480 e. The highest BCUT2D eigenvalue weighted by molar-refractivity contribution is 7.87. The molecule has 0 bridgehead atoms. The van der Waals surface area contributed by atoms with E-state index in [1.807, 2.05) is 6.07 Å². The summed E-state index contributed by atoms with van der Waals surface area (Å²) in [6.45, 7) is -0.526. The van der Waals surface area contributed by atoms with Crippen molar-refractivity contribution in [2.45, 2.75) is 36.8 Å². The molecule has 25 heavy (non-hydrogen) atoms. The van der Waals surface area contributed by atoms with E-state index in [4.69, 9.17) is 26.8 Å². The zero-order chi connectivity index (χ0) is 19.0. The molecule has 0 aromatic rings. The van der Waals surface area contributed by atoms with Crippen LogP contribution in [0.15, 0.2) is 0 Å². The summed E-state index contributed by atoms with van der Waals surface area (Å²) in [4.78, 5) is 11.6. The van der Waals surface area contributed by atoms with Gasteiger partial charge in [-0.25, -0.2) is 0 Å². The summed E-state index contributed by atoms with van der Waals surface area (Å²) in [5.41, 5.74) is 9.79. The number of carbonyl (C=O) groups is 1. The van der Waals surface area contributed by atoms with Gasteiger partial charge in [0.1, 0.15) is 5.54 Å². The monoisotopic (exact) mass is 375 g/mol. The average Bonchev–Trinajstić information content (AvgIpc) is 2.94. The highest BCUT2D eigenvalue weighted by Crippen LogP contribution is 2.34. The van der Waals surface area contributed by atoms with E-state index in [-0.39, 0.29) is 19.3 Å². The molecule has 0 aromatic heterocycles. The van der Waals surface area contributed by atoms with E-state index in [0.717, 1.165) is 4.31 Å². The Morgan fingerprint density at radius 1 is 1.48 bits per heavy atom. The zero-order valence-electron chi connectivity index (χ0n) is 13.4. The highest BCUT2D eigenvalue weighted by Gasteiger charge is 2.55. The molecule has 1 saturated carbocycles. The number of nitriles is 1. The van der Waals surface area contributed by atoms with Crippen LogP contribution in [0.3, 0.4) is 0 Å². The summed E-state index contributed by atoms with van der Waals surface area (Å²) in [6.07, 6.45) is 0.564. The summed E-state index contributed by atoms with van der Waals surface area (Å²) in [6, 6.07) is 0.607. The van der Waals surface area contributed by atoms with E-state index in [1.165, 1.54) is 0 Å². The van der Waals surface area contributed by atoms with Crippen molar-refractivity contribution in [2.24, 2.45) is 23.3 Å². The Morgan fingerprint density at radius 2 is 2.12 bits per heavy atom. The van der Waals surface area contributed by atoms with Crippen molar-refractivity contribution in [2.75, 3.05) is 13.1 Å². The van der Waals surface area contributed by atoms with Gasteiger partial charge in [-0.15, -0.1) is 0 Å². The lowest BCUT2D eigenvalue weighted by molar-refractivity contribution is -0.144. The van der Waals surface area contributed by atoms with Gasteiger partial charge in [-0.3, -0.25) is 4.79 Å². The molecule has 0 radical (unpaired) electrons. The van der Waals surface area contributed by atoms with Crippen LogP contribution >= 0.6 is 0 Å². The van der Waals surface area contributed by atoms with Crippen molar-refractivity contribution in [3.05, 3.63) is 0 Å². The Labute approximate surface area is 145 Å². The molecule has 0 amide bonds. The molecule has 2 fully saturated rings. The standard InChI is InChI=1S/C12H22BN5O6S/c14-4-8-9(15)10(8)17-25(23,24)18-5-7(2-1-3-13(21)22)12(16,6-18)11(19)20/h7-10,17,21-22H,1-3,5-6,15-16H2,(H,19,20)/t7-,8?,9+,10+,12-/m0/s1. The molecule has 0 aromatic carbocycles. The summed E-state index contributed by atoms with van der Waals surface area (Å²) in [5.74, 6) is -2.61. The van der Waals surface area contributed by atoms with Crippen LogP contribution < -0.4 is 16.2 Å². The van der Waals surface area contributed by atoms with Crippen LogP contribution in [-0.2, 0) is 15.0 Å². The number of nitrogens with one attached hydrogen (secondary N) is 1. The second-order valence-electron chi connectivity index (χ2n) is 6.63. The van der Waals surface area contributed by atoms with Gasteiger partial charge in [-0.2, -0.15) is 22.7 Å². The van der Waals surface area contributed by atoms with Crippen molar-refractivity contribution >= 4 is 23.3 Å². The van der Waals surface area contributed by atoms with Gasteiger partial charge in [0, 0.05) is 25.0 Å². The minimum atomic E-state index is -4.04. The molecule has 11 nitrogen and oxygen atoms in total. The SMILES string of the molecule is N#CC1[C@@H](N)[C@@H]1NS(=O)(=O)N1C[C@H](CCCB(O)O)[C@](N)(C(=O)O)C1. The first-order valence-corrected chi connectivity index (χ1v) is 9.28. The number of carboxylic acids is 1. The second-order valence-corrected chi connectivity index (χ2v) is 8.33. The summed E-state index contributed by atoms with van der Waals surface area (Å²) in [5, 5.41) is 36.0. The Balaban J connectivity index is 2.07. The molecule has 5 atom stereocenters. The quantitative estimate of drug-likeness (QED) is 0.234. The van der Waals surface area contributed by atoms with Crippen LogP contribution in [0.4, 0.5) is 0 Å². The number of hydrogen-bond acceptors (Lipinski definition) is 8. The number of rotatable bonds is 8. The van der Waals surface area contributed by atoms with E-state index in [9.17, 15) is 18.3 Å². The molecule has 1 unspecified atom stereocenters. The van der Waals surface area contributed by atoms with Crippen LogP contribution in [-0.4, -0.2) is 71.7 Å². The third-order valence-electron chi connectivity index (χ3n) is 4.85. The Bertz CT molecular complexity index is 669. The molecule has 140 valence electrons. The molecule has 0 spiro atoms. The van der Waals surface area contributed by atoms with Gasteiger partial charge < -0.3 is 26.6 Å². The normalized spacial score (nSPS) is 35.3. The van der Waals surface area contributed by atoms with E-state index in [0.29, 0.717) is 6.42 Å². The fourth-order valence-corrected chi connectivity index (χ4v) is 4.67. The maximum atomic E-state index is 12.4. The number of nitrogens with zero attached hydrogens (tertiary/aromatic N) is 2. The summed E-state index contributed by atoms with van der Waals surface area (Å²) < 4.78 is 28.2. The zero-order valence-corrected chi connectivity index (χ0v) is 14.3. The smallest absolute Gasteiger partial charge is 0.451 e. The van der Waals surface area contributed by atoms with Crippen LogP contribution in [0, 0.1) is 23.2 Å². The van der Waals surface area contributed by atoms with Crippen molar-refractivity contribution in [3.8, 4) is 6.07 Å². The minimum absolute atomic E-state index is 0.0397.